The van der Waals surface area contributed by atoms with E-state index in [1.165, 1.54) is 16.9 Å². The van der Waals surface area contributed by atoms with Crippen molar-refractivity contribution in [3.05, 3.63) is 40.4 Å². The molecule has 0 bridgehead atoms. The fourth-order valence-electron chi connectivity index (χ4n) is 1.32. The summed E-state index contributed by atoms with van der Waals surface area (Å²) in [7, 11) is 0. The van der Waals surface area contributed by atoms with E-state index >= 15 is 0 Å². The Morgan fingerprint density at radius 2 is 2.00 bits per heavy atom. The van der Waals surface area contributed by atoms with Crippen molar-refractivity contribution in [2.45, 2.75) is 20.3 Å². The van der Waals surface area contributed by atoms with Crippen LogP contribution in [0, 0.1) is 0 Å². The third-order valence-electron chi connectivity index (χ3n) is 2.18. The summed E-state index contributed by atoms with van der Waals surface area (Å²) in [5.74, 6) is 0.997. The van der Waals surface area contributed by atoms with Crippen LogP contribution in [0.15, 0.2) is 29.8 Å². The summed E-state index contributed by atoms with van der Waals surface area (Å²) in [6.07, 6.45) is 0.881. The molecule has 0 aromatic heterocycles. The highest BCUT2D eigenvalue weighted by Gasteiger charge is 2.27. The SMILES string of the molecule is CCCSP(=O)(OCC)OC(=CCl)c1ccc(Cl)cc1. The normalized spacial score (nSPS) is 14.9. The summed E-state index contributed by atoms with van der Waals surface area (Å²) in [5, 5.41) is 0.607. The standard InChI is InChI=1S/C13H17Cl2O3PS/c1-3-9-20-19(16,17-4-2)18-13(10-14)11-5-7-12(15)8-6-11/h5-8,10H,3-4,9H2,1-2H3. The molecule has 0 aliphatic heterocycles. The second kappa shape index (κ2) is 9.01. The van der Waals surface area contributed by atoms with Gasteiger partial charge in [0.2, 0.25) is 0 Å². The van der Waals surface area contributed by atoms with Crippen LogP contribution in [-0.2, 0) is 13.6 Å². The molecule has 0 spiro atoms. The Morgan fingerprint density at radius 1 is 1.35 bits per heavy atom. The van der Waals surface area contributed by atoms with Crippen LogP contribution < -0.4 is 0 Å². The molecule has 3 nitrogen and oxygen atoms in total. The maximum Gasteiger partial charge on any atom is 0.440 e. The molecule has 1 atom stereocenters. The van der Waals surface area contributed by atoms with E-state index in [0.29, 0.717) is 28.7 Å². The molecule has 112 valence electrons. The summed E-state index contributed by atoms with van der Waals surface area (Å²) in [6, 6.07) is 6.92. The molecule has 0 heterocycles. The number of benzene rings is 1. The quantitative estimate of drug-likeness (QED) is 0.412. The first-order valence-electron chi connectivity index (χ1n) is 6.19. The van der Waals surface area contributed by atoms with Crippen molar-refractivity contribution < 1.29 is 13.6 Å². The third-order valence-corrected chi connectivity index (χ3v) is 6.57. The molecule has 1 unspecified atom stereocenters. The van der Waals surface area contributed by atoms with Crippen molar-refractivity contribution in [3.63, 3.8) is 0 Å². The zero-order chi connectivity index (χ0) is 15.0. The fraction of sp³-hybridized carbons (Fsp3) is 0.385. The van der Waals surface area contributed by atoms with E-state index in [9.17, 15) is 4.57 Å². The van der Waals surface area contributed by atoms with Crippen molar-refractivity contribution in [1.29, 1.82) is 0 Å². The highest BCUT2D eigenvalue weighted by molar-refractivity contribution is 8.55. The molecule has 0 saturated carbocycles. The second-order valence-electron chi connectivity index (χ2n) is 3.77. The minimum atomic E-state index is -3.25. The van der Waals surface area contributed by atoms with Gasteiger partial charge in [-0.2, -0.15) is 0 Å². The molecule has 1 rings (SSSR count). The molecule has 1 aromatic rings. The Kier molecular flexibility index (Phi) is 8.08. The molecule has 1 aromatic carbocycles. The summed E-state index contributed by atoms with van der Waals surface area (Å²) in [4.78, 5) is 0. The predicted molar refractivity (Wildman–Crippen MR) is 88.3 cm³/mol. The molecule has 20 heavy (non-hydrogen) atoms. The van der Waals surface area contributed by atoms with Crippen molar-refractivity contribution in [2.24, 2.45) is 0 Å². The summed E-state index contributed by atoms with van der Waals surface area (Å²) in [5.41, 5.74) is 1.95. The maximum atomic E-state index is 12.6. The van der Waals surface area contributed by atoms with Gasteiger partial charge in [-0.1, -0.05) is 30.1 Å². The molecule has 0 aliphatic carbocycles. The van der Waals surface area contributed by atoms with E-state index in [0.717, 1.165) is 6.42 Å². The molecule has 0 amide bonds. The minimum absolute atomic E-state index is 0.309. The highest BCUT2D eigenvalue weighted by atomic mass is 35.5. The van der Waals surface area contributed by atoms with Gasteiger partial charge in [-0.05, 0) is 49.0 Å². The lowest BCUT2D eigenvalue weighted by molar-refractivity contribution is 0.287. The summed E-state index contributed by atoms with van der Waals surface area (Å²) in [6.45, 7) is 0.828. The van der Waals surface area contributed by atoms with E-state index in [1.54, 1.807) is 31.2 Å². The third kappa shape index (κ3) is 5.71. The van der Waals surface area contributed by atoms with Gasteiger partial charge in [-0.25, -0.2) is 4.57 Å². The van der Waals surface area contributed by atoms with Crippen molar-refractivity contribution in [1.82, 2.24) is 0 Å². The van der Waals surface area contributed by atoms with Gasteiger partial charge in [-0.15, -0.1) is 0 Å². The first-order valence-corrected chi connectivity index (χ1v) is 10.1. The summed E-state index contributed by atoms with van der Waals surface area (Å²) < 4.78 is 23.4. The first-order chi connectivity index (χ1) is 9.54. The average molecular weight is 355 g/mol. The molecular weight excluding hydrogens is 338 g/mol. The van der Waals surface area contributed by atoms with Crippen molar-refractivity contribution in [2.75, 3.05) is 12.4 Å². The minimum Gasteiger partial charge on any atom is -0.415 e. The topological polar surface area (TPSA) is 35.5 Å². The molecule has 0 N–H and O–H groups in total. The Balaban J connectivity index is 2.89. The Morgan fingerprint density at radius 3 is 2.50 bits per heavy atom. The molecule has 0 fully saturated rings. The van der Waals surface area contributed by atoms with Crippen molar-refractivity contribution >= 4 is 47.1 Å². The van der Waals surface area contributed by atoms with Crippen LogP contribution in [0.5, 0.6) is 0 Å². The van der Waals surface area contributed by atoms with Crippen molar-refractivity contribution in [3.8, 4) is 0 Å². The van der Waals surface area contributed by atoms with Crippen LogP contribution in [0.2, 0.25) is 5.02 Å². The Labute approximate surface area is 133 Å². The van der Waals surface area contributed by atoms with E-state index in [2.05, 4.69) is 0 Å². The molecular formula is C13H17Cl2O3PS. The van der Waals surface area contributed by atoms with Gasteiger partial charge in [0.15, 0.2) is 0 Å². The lowest BCUT2D eigenvalue weighted by atomic mass is 10.2. The summed E-state index contributed by atoms with van der Waals surface area (Å²) >= 11 is 12.8. The van der Waals surface area contributed by atoms with Gasteiger partial charge in [-0.3, -0.25) is 4.52 Å². The van der Waals surface area contributed by atoms with Gasteiger partial charge >= 0.3 is 6.80 Å². The fourth-order valence-corrected chi connectivity index (χ4v) is 5.14. The zero-order valence-electron chi connectivity index (χ0n) is 11.3. The van der Waals surface area contributed by atoms with Crippen LogP contribution in [-0.4, -0.2) is 12.4 Å². The van der Waals surface area contributed by atoms with E-state index in [1.807, 2.05) is 6.92 Å². The Bertz CT molecular complexity index is 491. The van der Waals surface area contributed by atoms with Gasteiger partial charge in [0.05, 0.1) is 6.61 Å². The number of hydrogen-bond acceptors (Lipinski definition) is 4. The van der Waals surface area contributed by atoms with Crippen LogP contribution in [0.1, 0.15) is 25.8 Å². The number of hydrogen-bond donors (Lipinski definition) is 0. The average Bonchev–Trinajstić information content (AvgIpc) is 2.44. The number of rotatable bonds is 8. The van der Waals surface area contributed by atoms with Gasteiger partial charge in [0.1, 0.15) is 5.76 Å². The smallest absolute Gasteiger partial charge is 0.415 e. The van der Waals surface area contributed by atoms with E-state index < -0.39 is 6.80 Å². The van der Waals surface area contributed by atoms with Gasteiger partial charge in [0, 0.05) is 21.9 Å². The number of halogens is 2. The lowest BCUT2D eigenvalue weighted by Gasteiger charge is -2.19. The largest absolute Gasteiger partial charge is 0.440 e. The van der Waals surface area contributed by atoms with Crippen LogP contribution in [0.25, 0.3) is 5.76 Å². The van der Waals surface area contributed by atoms with Gasteiger partial charge in [0.25, 0.3) is 0 Å². The molecule has 0 aliphatic rings. The second-order valence-corrected chi connectivity index (χ2v) is 8.54. The van der Waals surface area contributed by atoms with Crippen LogP contribution in [0.4, 0.5) is 0 Å². The predicted octanol–water partition coefficient (Wildman–Crippen LogP) is 6.18. The molecule has 0 radical (unpaired) electrons. The molecule has 7 heteroatoms. The zero-order valence-corrected chi connectivity index (χ0v) is 14.6. The lowest BCUT2D eigenvalue weighted by Crippen LogP contribution is -1.94. The first kappa shape index (κ1) is 17.9. The van der Waals surface area contributed by atoms with E-state index in [4.69, 9.17) is 32.2 Å². The van der Waals surface area contributed by atoms with Crippen LogP contribution >= 0.6 is 41.4 Å². The monoisotopic (exact) mass is 354 g/mol. The van der Waals surface area contributed by atoms with E-state index in [-0.39, 0.29) is 0 Å². The molecule has 0 saturated heterocycles. The maximum absolute atomic E-state index is 12.6. The Hall–Kier alpha value is -0.120. The van der Waals surface area contributed by atoms with Crippen LogP contribution in [0.3, 0.4) is 0 Å². The highest BCUT2D eigenvalue weighted by Crippen LogP contribution is 2.63. The van der Waals surface area contributed by atoms with Gasteiger partial charge < -0.3 is 4.52 Å².